The molecule has 3 aromatic rings. The molecule has 0 amide bonds. The molecular formula is C24H27ClN3OP. The molecule has 0 aliphatic rings. The van der Waals surface area contributed by atoms with Crippen LogP contribution in [0.15, 0.2) is 96.1 Å². The molecule has 0 bridgehead atoms. The molecule has 0 fully saturated rings. The second-order valence-corrected chi connectivity index (χ2v) is 10.4. The van der Waals surface area contributed by atoms with Crippen molar-refractivity contribution < 1.29 is 17.1 Å². The van der Waals surface area contributed by atoms with Crippen LogP contribution in [-0.4, -0.2) is 25.9 Å². The lowest BCUT2D eigenvalue weighted by Crippen LogP contribution is -3.00. The summed E-state index contributed by atoms with van der Waals surface area (Å²) in [5.74, 6) is 0. The molecule has 6 heteroatoms. The number of halogens is 1. The van der Waals surface area contributed by atoms with Gasteiger partial charge in [-0.15, -0.1) is 0 Å². The van der Waals surface area contributed by atoms with Crippen molar-refractivity contribution in [2.45, 2.75) is 12.8 Å². The fraction of sp³-hybridized carbons (Fsp3) is 0.250. The van der Waals surface area contributed by atoms with E-state index in [1.54, 1.807) is 0 Å². The van der Waals surface area contributed by atoms with E-state index in [1.807, 2.05) is 0 Å². The highest BCUT2D eigenvalue weighted by molar-refractivity contribution is 7.95. The minimum atomic E-state index is -1.77. The van der Waals surface area contributed by atoms with Gasteiger partial charge in [-0.05, 0) is 48.4 Å². The van der Waals surface area contributed by atoms with Gasteiger partial charge >= 0.3 is 0 Å². The Morgan fingerprint density at radius 1 is 0.700 bits per heavy atom. The first-order valence-electron chi connectivity index (χ1n) is 10.0. The van der Waals surface area contributed by atoms with E-state index < -0.39 is 7.26 Å². The van der Waals surface area contributed by atoms with Gasteiger partial charge < -0.3 is 17.1 Å². The van der Waals surface area contributed by atoms with E-state index in [0.717, 1.165) is 19.0 Å². The minimum absolute atomic E-state index is 0. The molecular weight excluding hydrogens is 413 g/mol. The van der Waals surface area contributed by atoms with E-state index in [2.05, 4.69) is 101 Å². The Kier molecular flexibility index (Phi) is 10.4. The summed E-state index contributed by atoms with van der Waals surface area (Å²) in [7, 11) is -1.77. The van der Waals surface area contributed by atoms with Crippen molar-refractivity contribution in [1.82, 2.24) is 0 Å². The SMILES string of the molecule is [Cl-].[N-]=[N+]=NCCCOCCC[P+](c1ccccc1)(c1ccccc1)c1ccccc1. The highest BCUT2D eigenvalue weighted by atomic mass is 35.5. The summed E-state index contributed by atoms with van der Waals surface area (Å²) in [6.07, 6.45) is 2.80. The Labute approximate surface area is 185 Å². The molecule has 0 atom stereocenters. The lowest BCUT2D eigenvalue weighted by molar-refractivity contribution is -0.00000650. The lowest BCUT2D eigenvalue weighted by Gasteiger charge is -2.27. The molecule has 30 heavy (non-hydrogen) atoms. The summed E-state index contributed by atoms with van der Waals surface area (Å²) >= 11 is 0. The molecule has 156 valence electrons. The van der Waals surface area contributed by atoms with Crippen LogP contribution in [0, 0.1) is 0 Å². The van der Waals surface area contributed by atoms with Crippen molar-refractivity contribution in [3.63, 3.8) is 0 Å². The van der Waals surface area contributed by atoms with Crippen LogP contribution in [0.4, 0.5) is 0 Å². The molecule has 0 radical (unpaired) electrons. The maximum Gasteiger partial charge on any atom is 0.112 e. The Bertz CT molecular complexity index is 807. The summed E-state index contributed by atoms with van der Waals surface area (Å²) in [5.41, 5.74) is 8.34. The van der Waals surface area contributed by atoms with Gasteiger partial charge in [-0.1, -0.05) is 59.7 Å². The zero-order valence-corrected chi connectivity index (χ0v) is 18.6. The lowest BCUT2D eigenvalue weighted by atomic mass is 10.4. The molecule has 0 saturated heterocycles. The second kappa shape index (κ2) is 13.1. The molecule has 0 N–H and O–H groups in total. The molecule has 0 aromatic heterocycles. The third-order valence-electron chi connectivity index (χ3n) is 4.98. The Balaban J connectivity index is 0.00000320. The quantitative estimate of drug-likeness (QED) is 0.148. The fourth-order valence-corrected chi connectivity index (χ4v) is 7.99. The summed E-state index contributed by atoms with van der Waals surface area (Å²) in [4.78, 5) is 2.78. The minimum Gasteiger partial charge on any atom is -1.00 e. The predicted molar refractivity (Wildman–Crippen MR) is 124 cm³/mol. The number of hydrogen-bond acceptors (Lipinski definition) is 2. The fourth-order valence-electron chi connectivity index (χ4n) is 3.67. The molecule has 3 aromatic carbocycles. The average Bonchev–Trinajstić information content (AvgIpc) is 2.80. The molecule has 0 aliphatic carbocycles. The molecule has 0 spiro atoms. The monoisotopic (exact) mass is 439 g/mol. The van der Waals surface area contributed by atoms with Crippen molar-refractivity contribution in [2.75, 3.05) is 25.9 Å². The van der Waals surface area contributed by atoms with Crippen LogP contribution < -0.4 is 28.3 Å². The standard InChI is InChI=1S/C24H27N3OP.ClH/c25-27-26-18-10-19-28-20-11-21-29(22-12-4-1-5-13-22,23-14-6-2-7-15-23)24-16-8-3-9-17-24;/h1-9,12-17H,10-11,18-21H2;1H/q+1;/p-1. The number of hydrogen-bond donors (Lipinski definition) is 0. The number of nitrogens with zero attached hydrogens (tertiary/aromatic N) is 3. The number of azide groups is 1. The van der Waals surface area contributed by atoms with Gasteiger partial charge in [0.25, 0.3) is 0 Å². The van der Waals surface area contributed by atoms with Crippen molar-refractivity contribution >= 4 is 23.2 Å². The van der Waals surface area contributed by atoms with Crippen LogP contribution in [0.5, 0.6) is 0 Å². The predicted octanol–water partition coefficient (Wildman–Crippen LogP) is 2.09. The number of benzene rings is 3. The maximum absolute atomic E-state index is 8.34. The molecule has 0 unspecified atom stereocenters. The van der Waals surface area contributed by atoms with Crippen LogP contribution in [0.3, 0.4) is 0 Å². The molecule has 0 heterocycles. The van der Waals surface area contributed by atoms with Gasteiger partial charge in [0.05, 0.1) is 12.8 Å². The van der Waals surface area contributed by atoms with Gasteiger partial charge in [-0.25, -0.2) is 0 Å². The number of ether oxygens (including phenoxy) is 1. The molecule has 0 aliphatic heterocycles. The summed E-state index contributed by atoms with van der Waals surface area (Å²) in [6, 6.07) is 32.7. The van der Waals surface area contributed by atoms with Crippen LogP contribution in [0.2, 0.25) is 0 Å². The number of rotatable bonds is 11. The van der Waals surface area contributed by atoms with Crippen LogP contribution >= 0.6 is 7.26 Å². The van der Waals surface area contributed by atoms with E-state index in [-0.39, 0.29) is 12.4 Å². The zero-order chi connectivity index (χ0) is 20.2. The van der Waals surface area contributed by atoms with Crippen molar-refractivity contribution in [3.8, 4) is 0 Å². The Hall–Kier alpha value is -2.35. The van der Waals surface area contributed by atoms with Crippen molar-refractivity contribution in [1.29, 1.82) is 0 Å². The first kappa shape index (κ1) is 23.9. The first-order valence-corrected chi connectivity index (χ1v) is 12.0. The van der Waals surface area contributed by atoms with Gasteiger partial charge in [0, 0.05) is 24.5 Å². The normalized spacial score (nSPS) is 10.7. The van der Waals surface area contributed by atoms with Crippen LogP contribution in [0.1, 0.15) is 12.8 Å². The highest BCUT2D eigenvalue weighted by Gasteiger charge is 2.44. The summed E-state index contributed by atoms with van der Waals surface area (Å²) in [5, 5.41) is 7.76. The summed E-state index contributed by atoms with van der Waals surface area (Å²) < 4.78 is 5.82. The third kappa shape index (κ3) is 6.08. The van der Waals surface area contributed by atoms with E-state index in [1.165, 1.54) is 15.9 Å². The summed E-state index contributed by atoms with van der Waals surface area (Å²) in [6.45, 7) is 1.84. The molecule has 0 saturated carbocycles. The molecule has 4 nitrogen and oxygen atoms in total. The van der Waals surface area contributed by atoms with Gasteiger partial charge in [0.2, 0.25) is 0 Å². The van der Waals surface area contributed by atoms with Crippen LogP contribution in [0.25, 0.3) is 10.4 Å². The second-order valence-electron chi connectivity index (χ2n) is 6.81. The first-order chi connectivity index (χ1) is 14.4. The van der Waals surface area contributed by atoms with E-state index >= 15 is 0 Å². The van der Waals surface area contributed by atoms with E-state index in [4.69, 9.17) is 10.3 Å². The highest BCUT2D eigenvalue weighted by Crippen LogP contribution is 2.55. The Morgan fingerprint density at radius 2 is 1.13 bits per heavy atom. The smallest absolute Gasteiger partial charge is 0.112 e. The third-order valence-corrected chi connectivity index (χ3v) is 9.51. The molecule has 3 rings (SSSR count). The van der Waals surface area contributed by atoms with Gasteiger partial charge in [-0.3, -0.25) is 0 Å². The van der Waals surface area contributed by atoms with Crippen molar-refractivity contribution in [2.24, 2.45) is 5.11 Å². The zero-order valence-electron chi connectivity index (χ0n) is 17.0. The van der Waals surface area contributed by atoms with E-state index in [9.17, 15) is 0 Å². The van der Waals surface area contributed by atoms with Gasteiger partial charge in [0.1, 0.15) is 23.2 Å². The van der Waals surface area contributed by atoms with Crippen molar-refractivity contribution in [3.05, 3.63) is 101 Å². The van der Waals surface area contributed by atoms with Gasteiger partial charge in [-0.2, -0.15) is 0 Å². The average molecular weight is 440 g/mol. The van der Waals surface area contributed by atoms with Crippen LogP contribution in [-0.2, 0) is 4.74 Å². The Morgan fingerprint density at radius 3 is 1.57 bits per heavy atom. The van der Waals surface area contributed by atoms with Gasteiger partial charge in [0.15, 0.2) is 0 Å². The van der Waals surface area contributed by atoms with E-state index in [0.29, 0.717) is 19.8 Å². The largest absolute Gasteiger partial charge is 1.00 e. The maximum atomic E-state index is 8.34. The topological polar surface area (TPSA) is 58.0 Å².